The second kappa shape index (κ2) is 8.11. The van der Waals surface area contributed by atoms with E-state index in [1.807, 2.05) is 19.1 Å². The van der Waals surface area contributed by atoms with Crippen molar-refractivity contribution >= 4 is 33.0 Å². The predicted molar refractivity (Wildman–Crippen MR) is 82.3 cm³/mol. The Labute approximate surface area is 124 Å². The Morgan fingerprint density at radius 2 is 1.85 bits per heavy atom. The number of carbonyl (C=O) groups excluding carboxylic acids is 1. The fourth-order valence-corrected chi connectivity index (χ4v) is 3.14. The fraction of sp³-hybridized carbons (Fsp3) is 0.462. The molecule has 0 radical (unpaired) electrons. The van der Waals surface area contributed by atoms with Crippen molar-refractivity contribution in [3.63, 3.8) is 0 Å². The van der Waals surface area contributed by atoms with E-state index in [0.717, 1.165) is 12.2 Å². The van der Waals surface area contributed by atoms with Gasteiger partial charge in [0, 0.05) is 30.2 Å². The molecule has 5 nitrogen and oxygen atoms in total. The molecule has 0 aliphatic rings. The minimum absolute atomic E-state index is 0.0676. The highest BCUT2D eigenvalue weighted by Crippen LogP contribution is 2.08. The molecule has 1 aromatic carbocycles. The zero-order valence-corrected chi connectivity index (χ0v) is 12.9. The van der Waals surface area contributed by atoms with Gasteiger partial charge in [-0.15, -0.1) is 11.6 Å². The summed E-state index contributed by atoms with van der Waals surface area (Å²) in [6.07, 6.45) is 0. The maximum absolute atomic E-state index is 11.8. The van der Waals surface area contributed by atoms with Gasteiger partial charge >= 0.3 is 0 Å². The lowest BCUT2D eigenvalue weighted by Gasteiger charge is -2.07. The number of anilines is 1. The van der Waals surface area contributed by atoms with Crippen LogP contribution in [0.5, 0.6) is 0 Å². The van der Waals surface area contributed by atoms with Crippen LogP contribution in [0.2, 0.25) is 0 Å². The maximum atomic E-state index is 11.8. The topological polar surface area (TPSA) is 75.3 Å². The SMILES string of the molecule is CCNc1ccc(C(=O)NCCS(=O)(=O)CCCl)cc1. The number of benzene rings is 1. The molecule has 0 atom stereocenters. The van der Waals surface area contributed by atoms with Gasteiger partial charge in [0.15, 0.2) is 9.84 Å². The quantitative estimate of drug-likeness (QED) is 0.712. The summed E-state index contributed by atoms with van der Waals surface area (Å²) in [5.74, 6) is -0.376. The molecule has 0 bridgehead atoms. The summed E-state index contributed by atoms with van der Waals surface area (Å²) in [5.41, 5.74) is 1.44. The number of sulfone groups is 1. The van der Waals surface area contributed by atoms with Crippen molar-refractivity contribution in [2.45, 2.75) is 6.92 Å². The Morgan fingerprint density at radius 3 is 2.40 bits per heavy atom. The summed E-state index contributed by atoms with van der Waals surface area (Å²) in [5, 5.41) is 5.71. The number of alkyl halides is 1. The minimum atomic E-state index is -3.18. The largest absolute Gasteiger partial charge is 0.385 e. The predicted octanol–water partition coefficient (Wildman–Crippen LogP) is 1.50. The Morgan fingerprint density at radius 1 is 1.20 bits per heavy atom. The number of nitrogens with one attached hydrogen (secondary N) is 2. The van der Waals surface area contributed by atoms with Gasteiger partial charge in [-0.05, 0) is 31.2 Å². The van der Waals surface area contributed by atoms with Crippen LogP contribution in [-0.2, 0) is 9.84 Å². The van der Waals surface area contributed by atoms with Gasteiger partial charge in [-0.3, -0.25) is 4.79 Å². The molecule has 20 heavy (non-hydrogen) atoms. The Hall–Kier alpha value is -1.27. The zero-order chi connectivity index (χ0) is 15.0. The van der Waals surface area contributed by atoms with E-state index in [2.05, 4.69) is 10.6 Å². The Kier molecular flexibility index (Phi) is 6.81. The first-order valence-corrected chi connectivity index (χ1v) is 8.72. The van der Waals surface area contributed by atoms with Crippen molar-refractivity contribution in [1.29, 1.82) is 0 Å². The van der Waals surface area contributed by atoms with Crippen LogP contribution in [0.3, 0.4) is 0 Å². The first kappa shape index (κ1) is 16.8. The highest BCUT2D eigenvalue weighted by atomic mass is 35.5. The third-order valence-corrected chi connectivity index (χ3v) is 4.68. The molecule has 0 aromatic heterocycles. The molecule has 0 fully saturated rings. The standard InChI is InChI=1S/C13H19ClN2O3S/c1-2-15-12-5-3-11(4-6-12)13(17)16-8-10-20(18,19)9-7-14/h3-6,15H,2,7-10H2,1H3,(H,16,17). The van der Waals surface area contributed by atoms with Crippen LogP contribution in [-0.4, -0.2) is 44.8 Å². The van der Waals surface area contributed by atoms with Gasteiger partial charge in [0.05, 0.1) is 11.5 Å². The van der Waals surface area contributed by atoms with E-state index in [0.29, 0.717) is 5.56 Å². The average Bonchev–Trinajstić information content (AvgIpc) is 2.39. The van der Waals surface area contributed by atoms with Crippen LogP contribution >= 0.6 is 11.6 Å². The molecule has 0 saturated heterocycles. The van der Waals surface area contributed by atoms with Gasteiger partial charge in [-0.25, -0.2) is 8.42 Å². The summed E-state index contributed by atoms with van der Waals surface area (Å²) in [7, 11) is -3.18. The van der Waals surface area contributed by atoms with Gasteiger partial charge in [0.2, 0.25) is 0 Å². The number of hydrogen-bond acceptors (Lipinski definition) is 4. The van der Waals surface area contributed by atoms with Crippen LogP contribution < -0.4 is 10.6 Å². The lowest BCUT2D eigenvalue weighted by atomic mass is 10.2. The van der Waals surface area contributed by atoms with E-state index in [-0.39, 0.29) is 29.8 Å². The van der Waals surface area contributed by atoms with E-state index in [9.17, 15) is 13.2 Å². The monoisotopic (exact) mass is 318 g/mol. The molecule has 0 heterocycles. The zero-order valence-electron chi connectivity index (χ0n) is 11.4. The molecular formula is C13H19ClN2O3S. The second-order valence-corrected chi connectivity index (χ2v) is 6.89. The van der Waals surface area contributed by atoms with Crippen LogP contribution in [0.25, 0.3) is 0 Å². The van der Waals surface area contributed by atoms with Gasteiger partial charge in [-0.2, -0.15) is 0 Å². The molecule has 0 spiro atoms. The van der Waals surface area contributed by atoms with Crippen molar-refractivity contribution in [2.24, 2.45) is 0 Å². The maximum Gasteiger partial charge on any atom is 0.251 e. The van der Waals surface area contributed by atoms with Crippen molar-refractivity contribution in [1.82, 2.24) is 5.32 Å². The van der Waals surface area contributed by atoms with Gasteiger partial charge < -0.3 is 10.6 Å². The van der Waals surface area contributed by atoms with Gasteiger partial charge in [0.25, 0.3) is 5.91 Å². The average molecular weight is 319 g/mol. The minimum Gasteiger partial charge on any atom is -0.385 e. The molecule has 0 saturated carbocycles. The summed E-state index contributed by atoms with van der Waals surface area (Å²) in [6.45, 7) is 2.89. The van der Waals surface area contributed by atoms with Crippen LogP contribution in [0.1, 0.15) is 17.3 Å². The molecule has 1 aromatic rings. The highest BCUT2D eigenvalue weighted by Gasteiger charge is 2.11. The molecule has 0 aliphatic heterocycles. The summed E-state index contributed by atoms with van der Waals surface area (Å²) in [6, 6.07) is 7.01. The van der Waals surface area contributed by atoms with Crippen LogP contribution in [0.4, 0.5) is 5.69 Å². The van der Waals surface area contributed by atoms with E-state index in [1.54, 1.807) is 12.1 Å². The first-order chi connectivity index (χ1) is 9.48. The Balaban J connectivity index is 2.47. The normalized spacial score (nSPS) is 11.1. The lowest BCUT2D eigenvalue weighted by Crippen LogP contribution is -2.30. The summed E-state index contributed by atoms with van der Waals surface area (Å²) in [4.78, 5) is 11.8. The van der Waals surface area contributed by atoms with E-state index in [4.69, 9.17) is 11.6 Å². The third-order valence-electron chi connectivity index (χ3n) is 2.61. The van der Waals surface area contributed by atoms with Crippen LogP contribution in [0.15, 0.2) is 24.3 Å². The van der Waals surface area contributed by atoms with Gasteiger partial charge in [0.1, 0.15) is 0 Å². The molecule has 0 aliphatic carbocycles. The third kappa shape index (κ3) is 5.79. The fourth-order valence-electron chi connectivity index (χ4n) is 1.59. The van der Waals surface area contributed by atoms with Crippen molar-refractivity contribution < 1.29 is 13.2 Å². The number of rotatable bonds is 8. The molecule has 7 heteroatoms. The molecule has 0 unspecified atom stereocenters. The molecular weight excluding hydrogens is 300 g/mol. The number of amides is 1. The van der Waals surface area contributed by atoms with E-state index >= 15 is 0 Å². The van der Waals surface area contributed by atoms with E-state index < -0.39 is 9.84 Å². The van der Waals surface area contributed by atoms with Crippen LogP contribution in [0, 0.1) is 0 Å². The number of hydrogen-bond donors (Lipinski definition) is 2. The lowest BCUT2D eigenvalue weighted by molar-refractivity contribution is 0.0956. The second-order valence-electron chi connectivity index (χ2n) is 4.20. The number of carbonyl (C=O) groups is 1. The Bertz CT molecular complexity index is 529. The van der Waals surface area contributed by atoms with Gasteiger partial charge in [-0.1, -0.05) is 0 Å². The first-order valence-electron chi connectivity index (χ1n) is 6.37. The number of halogens is 1. The summed E-state index contributed by atoms with van der Waals surface area (Å²) < 4.78 is 22.8. The molecule has 112 valence electrons. The molecule has 1 amide bonds. The highest BCUT2D eigenvalue weighted by molar-refractivity contribution is 7.91. The van der Waals surface area contributed by atoms with Crippen molar-refractivity contribution in [3.8, 4) is 0 Å². The van der Waals surface area contributed by atoms with Crippen molar-refractivity contribution in [3.05, 3.63) is 29.8 Å². The van der Waals surface area contributed by atoms with E-state index in [1.165, 1.54) is 0 Å². The van der Waals surface area contributed by atoms with Crippen molar-refractivity contribution in [2.75, 3.05) is 35.8 Å². The summed E-state index contributed by atoms with van der Waals surface area (Å²) >= 11 is 5.39. The smallest absolute Gasteiger partial charge is 0.251 e. The molecule has 2 N–H and O–H groups in total. The molecule has 1 rings (SSSR count).